The van der Waals surface area contributed by atoms with Gasteiger partial charge < -0.3 is 15.0 Å². The van der Waals surface area contributed by atoms with E-state index in [1.807, 2.05) is 29.1 Å². The number of carbonyl (C=O) groups is 1. The molecule has 1 aromatic heterocycles. The minimum atomic E-state index is -0.148. The van der Waals surface area contributed by atoms with Crippen LogP contribution in [0.1, 0.15) is 18.1 Å². The summed E-state index contributed by atoms with van der Waals surface area (Å²) >= 11 is 0. The third kappa shape index (κ3) is 5.24. The lowest BCUT2D eigenvalue weighted by Crippen LogP contribution is -2.40. The van der Waals surface area contributed by atoms with Gasteiger partial charge in [0.05, 0.1) is 19.6 Å². The molecule has 1 aliphatic rings. The minimum absolute atomic E-state index is 0. The lowest BCUT2D eigenvalue weighted by molar-refractivity contribution is -0.145. The van der Waals surface area contributed by atoms with Crippen molar-refractivity contribution in [3.8, 4) is 0 Å². The number of nitrogens with one attached hydrogen (secondary N) is 1. The van der Waals surface area contributed by atoms with E-state index in [1.165, 1.54) is 18.2 Å². The van der Waals surface area contributed by atoms with E-state index < -0.39 is 0 Å². The summed E-state index contributed by atoms with van der Waals surface area (Å²) in [5, 5.41) is 7.73. The van der Waals surface area contributed by atoms with Gasteiger partial charge in [-0.25, -0.2) is 0 Å². The van der Waals surface area contributed by atoms with Crippen molar-refractivity contribution in [2.45, 2.75) is 20.0 Å². The summed E-state index contributed by atoms with van der Waals surface area (Å²) in [4.78, 5) is 18.5. The van der Waals surface area contributed by atoms with Crippen LogP contribution in [0.15, 0.2) is 47.7 Å². The Morgan fingerprint density at radius 3 is 2.68 bits per heavy atom. The van der Waals surface area contributed by atoms with E-state index in [4.69, 9.17) is 4.74 Å². The highest BCUT2D eigenvalue weighted by Gasteiger charge is 2.36. The zero-order valence-corrected chi connectivity index (χ0v) is 18.9. The number of esters is 1. The predicted octanol–water partition coefficient (Wildman–Crippen LogP) is 2.37. The van der Waals surface area contributed by atoms with Gasteiger partial charge in [0.2, 0.25) is 0 Å². The van der Waals surface area contributed by atoms with E-state index in [9.17, 15) is 4.79 Å². The minimum Gasteiger partial charge on any atom is -0.469 e. The Hall–Kier alpha value is -2.10. The smallest absolute Gasteiger partial charge is 0.310 e. The number of likely N-dealkylation sites (tertiary alicyclic amines) is 1. The maximum absolute atomic E-state index is 11.9. The number of aromatic nitrogens is 2. The standard InChI is InChI=1S/C20H27N5O2.HI/c1-15-12-24(14-18(15)19(26)27-3)20(21-2)22-11-16-7-4-5-8-17(16)13-25-10-6-9-23-25;/h4-10,15,18H,11-14H2,1-3H3,(H,21,22);1H. The van der Waals surface area contributed by atoms with Crippen LogP contribution in [0.3, 0.4) is 0 Å². The fraction of sp³-hybridized carbons (Fsp3) is 0.450. The van der Waals surface area contributed by atoms with Crippen molar-refractivity contribution in [2.24, 2.45) is 16.8 Å². The van der Waals surface area contributed by atoms with Crippen molar-refractivity contribution in [1.82, 2.24) is 20.0 Å². The molecular weight excluding hydrogens is 469 g/mol. The number of methoxy groups -OCH3 is 1. The molecular formula is C20H28IN5O2. The largest absolute Gasteiger partial charge is 0.469 e. The van der Waals surface area contributed by atoms with Gasteiger partial charge in [-0.15, -0.1) is 24.0 Å². The molecule has 0 spiro atoms. The molecule has 2 unspecified atom stereocenters. The molecule has 1 saturated heterocycles. The molecule has 0 bridgehead atoms. The maximum Gasteiger partial charge on any atom is 0.310 e. The number of hydrogen-bond acceptors (Lipinski definition) is 4. The van der Waals surface area contributed by atoms with E-state index in [0.29, 0.717) is 13.1 Å². The summed E-state index contributed by atoms with van der Waals surface area (Å²) in [5.41, 5.74) is 2.41. The van der Waals surface area contributed by atoms with Crippen LogP contribution in [0.5, 0.6) is 0 Å². The van der Waals surface area contributed by atoms with E-state index in [2.05, 4.69) is 39.4 Å². The first kappa shape index (κ1) is 22.2. The molecule has 1 fully saturated rings. The van der Waals surface area contributed by atoms with Gasteiger partial charge in [-0.2, -0.15) is 5.10 Å². The Labute approximate surface area is 183 Å². The Balaban J connectivity index is 0.00000280. The molecule has 0 saturated carbocycles. The van der Waals surface area contributed by atoms with Crippen LogP contribution in [0.25, 0.3) is 0 Å². The molecule has 28 heavy (non-hydrogen) atoms. The normalized spacial score (nSPS) is 19.2. The van der Waals surface area contributed by atoms with Gasteiger partial charge in [0.25, 0.3) is 0 Å². The first-order valence-corrected chi connectivity index (χ1v) is 9.20. The number of nitrogens with zero attached hydrogens (tertiary/aromatic N) is 4. The molecule has 2 aromatic rings. The summed E-state index contributed by atoms with van der Waals surface area (Å²) in [6.07, 6.45) is 3.75. The van der Waals surface area contributed by atoms with Crippen molar-refractivity contribution < 1.29 is 9.53 Å². The highest BCUT2D eigenvalue weighted by molar-refractivity contribution is 14.0. The maximum atomic E-state index is 11.9. The van der Waals surface area contributed by atoms with Crippen LogP contribution < -0.4 is 5.32 Å². The summed E-state index contributed by atoms with van der Waals surface area (Å²) in [7, 11) is 3.22. The van der Waals surface area contributed by atoms with Gasteiger partial charge in [-0.05, 0) is 23.1 Å². The lowest BCUT2D eigenvalue weighted by Gasteiger charge is -2.22. The van der Waals surface area contributed by atoms with Gasteiger partial charge in [0.1, 0.15) is 0 Å². The second-order valence-corrected chi connectivity index (χ2v) is 6.89. The number of hydrogen-bond donors (Lipinski definition) is 1. The molecule has 3 rings (SSSR count). The van der Waals surface area contributed by atoms with E-state index in [-0.39, 0.29) is 41.8 Å². The number of guanidine groups is 1. The molecule has 2 heterocycles. The zero-order valence-electron chi connectivity index (χ0n) is 16.5. The first-order chi connectivity index (χ1) is 13.1. The van der Waals surface area contributed by atoms with Gasteiger partial charge in [-0.1, -0.05) is 31.2 Å². The predicted molar refractivity (Wildman–Crippen MR) is 120 cm³/mol. The highest BCUT2D eigenvalue weighted by atomic mass is 127. The molecule has 1 aromatic carbocycles. The fourth-order valence-electron chi connectivity index (χ4n) is 3.56. The van der Waals surface area contributed by atoms with Gasteiger partial charge in [-0.3, -0.25) is 14.5 Å². The summed E-state index contributed by atoms with van der Waals surface area (Å²) in [5.74, 6) is 0.788. The topological polar surface area (TPSA) is 71.8 Å². The number of aliphatic imine (C=N–C) groups is 1. The average Bonchev–Trinajstić information content (AvgIpc) is 3.32. The van der Waals surface area contributed by atoms with Crippen LogP contribution in [-0.2, 0) is 22.6 Å². The van der Waals surface area contributed by atoms with Crippen LogP contribution in [0, 0.1) is 11.8 Å². The Morgan fingerprint density at radius 1 is 1.29 bits per heavy atom. The Kier molecular flexibility index (Phi) is 8.28. The summed E-state index contributed by atoms with van der Waals surface area (Å²) < 4.78 is 6.84. The number of rotatable bonds is 5. The SMILES string of the molecule is CN=C(NCc1ccccc1Cn1cccn1)N1CC(C)C(C(=O)OC)C1.I. The van der Waals surface area contributed by atoms with Crippen LogP contribution in [0.4, 0.5) is 0 Å². The van der Waals surface area contributed by atoms with Crippen LogP contribution in [0.2, 0.25) is 0 Å². The molecule has 0 aliphatic carbocycles. The monoisotopic (exact) mass is 497 g/mol. The molecule has 152 valence electrons. The summed E-state index contributed by atoms with van der Waals surface area (Å²) in [6, 6.07) is 10.2. The number of benzene rings is 1. The van der Waals surface area contributed by atoms with Crippen molar-refractivity contribution in [1.29, 1.82) is 0 Å². The first-order valence-electron chi connectivity index (χ1n) is 9.20. The zero-order chi connectivity index (χ0) is 19.2. The van der Waals surface area contributed by atoms with Crippen molar-refractivity contribution >= 4 is 35.9 Å². The fourth-order valence-corrected chi connectivity index (χ4v) is 3.56. The number of halogens is 1. The molecule has 2 atom stereocenters. The van der Waals surface area contributed by atoms with Crippen molar-refractivity contribution in [3.05, 3.63) is 53.9 Å². The Bertz CT molecular complexity index is 794. The molecule has 1 N–H and O–H groups in total. The van der Waals surface area contributed by atoms with Gasteiger partial charge in [0, 0.05) is 39.1 Å². The molecule has 0 amide bonds. The van der Waals surface area contributed by atoms with E-state index >= 15 is 0 Å². The quantitative estimate of drug-likeness (QED) is 0.297. The average molecular weight is 497 g/mol. The second kappa shape index (κ2) is 10.4. The molecule has 7 nitrogen and oxygen atoms in total. The second-order valence-electron chi connectivity index (χ2n) is 6.89. The van der Waals surface area contributed by atoms with E-state index in [0.717, 1.165) is 19.0 Å². The highest BCUT2D eigenvalue weighted by Crippen LogP contribution is 2.24. The third-order valence-corrected chi connectivity index (χ3v) is 5.07. The summed E-state index contributed by atoms with van der Waals surface area (Å²) in [6.45, 7) is 4.89. The van der Waals surface area contributed by atoms with Gasteiger partial charge in [0.15, 0.2) is 5.96 Å². The molecule has 8 heteroatoms. The Morgan fingerprint density at radius 2 is 2.04 bits per heavy atom. The van der Waals surface area contributed by atoms with Crippen LogP contribution >= 0.6 is 24.0 Å². The number of ether oxygens (including phenoxy) is 1. The van der Waals surface area contributed by atoms with Crippen molar-refractivity contribution in [3.63, 3.8) is 0 Å². The lowest BCUT2D eigenvalue weighted by atomic mass is 9.99. The third-order valence-electron chi connectivity index (χ3n) is 5.07. The van der Waals surface area contributed by atoms with E-state index in [1.54, 1.807) is 13.2 Å². The van der Waals surface area contributed by atoms with Gasteiger partial charge >= 0.3 is 5.97 Å². The van der Waals surface area contributed by atoms with Crippen molar-refractivity contribution in [2.75, 3.05) is 27.2 Å². The molecule has 0 radical (unpaired) electrons. The molecule has 1 aliphatic heterocycles. The number of carbonyl (C=O) groups excluding carboxylic acids is 1. The van der Waals surface area contributed by atoms with Crippen LogP contribution in [-0.4, -0.2) is 53.9 Å².